The van der Waals surface area contributed by atoms with Crippen molar-refractivity contribution in [2.24, 2.45) is 0 Å². The van der Waals surface area contributed by atoms with Crippen molar-refractivity contribution in [1.29, 1.82) is 5.26 Å². The molecule has 5 nitrogen and oxygen atoms in total. The van der Waals surface area contributed by atoms with E-state index in [-0.39, 0.29) is 17.9 Å². The normalized spacial score (nSPS) is 14.6. The maximum atomic E-state index is 12.5. The molecule has 8 heteroatoms. The van der Waals surface area contributed by atoms with Crippen LogP contribution in [0.25, 0.3) is 0 Å². The topological polar surface area (TPSA) is 89.2 Å². The second-order valence-corrected chi connectivity index (χ2v) is 4.21. The van der Waals surface area contributed by atoms with Crippen molar-refractivity contribution in [3.63, 3.8) is 0 Å². The molecule has 1 rings (SSSR count). The molecule has 3 N–H and O–H groups in total. The van der Waals surface area contributed by atoms with Gasteiger partial charge in [-0.3, -0.25) is 0 Å². The van der Waals surface area contributed by atoms with E-state index in [1.54, 1.807) is 6.07 Å². The van der Waals surface area contributed by atoms with Crippen molar-refractivity contribution in [3.05, 3.63) is 23.4 Å². The molecule has 0 bridgehead atoms. The summed E-state index contributed by atoms with van der Waals surface area (Å²) in [4.78, 5) is 3.30. The maximum absolute atomic E-state index is 12.5. The van der Waals surface area contributed by atoms with Crippen LogP contribution in [-0.2, 0) is 6.18 Å². The highest BCUT2D eigenvalue weighted by molar-refractivity contribution is 5.52. The highest BCUT2D eigenvalue weighted by Gasteiger charge is 2.33. The third kappa shape index (κ3) is 4.08. The fourth-order valence-corrected chi connectivity index (χ4v) is 1.17. The Labute approximate surface area is 107 Å². The molecule has 104 valence electrons. The third-order valence-electron chi connectivity index (χ3n) is 2.28. The van der Waals surface area contributed by atoms with E-state index in [4.69, 9.17) is 10.4 Å². The van der Waals surface area contributed by atoms with Gasteiger partial charge in [0.1, 0.15) is 23.2 Å². The van der Waals surface area contributed by atoms with Crippen LogP contribution in [0.1, 0.15) is 18.2 Å². The molecule has 0 fully saturated rings. The minimum Gasteiger partial charge on any atom is -0.393 e. The number of nitrogens with one attached hydrogen (secondary N) is 1. The van der Waals surface area contributed by atoms with Gasteiger partial charge in [0.05, 0.1) is 12.2 Å². The van der Waals surface area contributed by atoms with Gasteiger partial charge in [-0.2, -0.15) is 18.4 Å². The van der Waals surface area contributed by atoms with E-state index < -0.39 is 24.1 Å². The van der Waals surface area contributed by atoms with Crippen LogP contribution < -0.4 is 5.32 Å². The molecule has 1 aromatic heterocycles. The van der Waals surface area contributed by atoms with Gasteiger partial charge in [0.2, 0.25) is 0 Å². The highest BCUT2D eigenvalue weighted by Crippen LogP contribution is 2.29. The molecule has 0 aliphatic heterocycles. The number of pyridine rings is 1. The minimum absolute atomic E-state index is 0.0817. The summed E-state index contributed by atoms with van der Waals surface area (Å²) in [6.45, 7) is 0.465. The third-order valence-corrected chi connectivity index (χ3v) is 2.28. The fourth-order valence-electron chi connectivity index (χ4n) is 1.17. The van der Waals surface area contributed by atoms with Crippen LogP contribution in [-0.4, -0.2) is 33.9 Å². The Hall–Kier alpha value is -1.85. The molecule has 0 aliphatic carbocycles. The maximum Gasteiger partial charge on any atom is 0.433 e. The molecular weight excluding hydrogens is 263 g/mol. The largest absolute Gasteiger partial charge is 0.433 e. The highest BCUT2D eigenvalue weighted by atomic mass is 19.4. The summed E-state index contributed by atoms with van der Waals surface area (Å²) in [5.74, 6) is -0.286. The lowest BCUT2D eigenvalue weighted by molar-refractivity contribution is -0.141. The van der Waals surface area contributed by atoms with E-state index in [9.17, 15) is 18.3 Å². The average molecular weight is 275 g/mol. The summed E-state index contributed by atoms with van der Waals surface area (Å²) in [6, 6.07) is 3.39. The quantitative estimate of drug-likeness (QED) is 0.766. The molecule has 0 aromatic carbocycles. The number of nitriles is 1. The van der Waals surface area contributed by atoms with Crippen LogP contribution in [0.2, 0.25) is 0 Å². The number of halogens is 3. The van der Waals surface area contributed by atoms with Crippen LogP contribution in [0, 0.1) is 11.3 Å². The second-order valence-electron chi connectivity index (χ2n) is 4.21. The average Bonchev–Trinajstić information content (AvgIpc) is 2.35. The molecule has 1 atom stereocenters. The molecule has 0 saturated heterocycles. The molecule has 1 unspecified atom stereocenters. The zero-order chi connectivity index (χ0) is 14.7. The van der Waals surface area contributed by atoms with Crippen molar-refractivity contribution in [3.8, 4) is 6.07 Å². The van der Waals surface area contributed by atoms with Crippen LogP contribution in [0.5, 0.6) is 0 Å². The number of rotatable bonds is 4. The first-order valence-corrected chi connectivity index (χ1v) is 5.25. The Kier molecular flexibility index (Phi) is 4.34. The first kappa shape index (κ1) is 15.2. The molecule has 0 amide bonds. The molecule has 0 spiro atoms. The van der Waals surface area contributed by atoms with E-state index in [0.717, 1.165) is 6.07 Å². The molecule has 0 aliphatic rings. The summed E-state index contributed by atoms with van der Waals surface area (Å²) in [5.41, 5.74) is -2.75. The van der Waals surface area contributed by atoms with Crippen molar-refractivity contribution in [1.82, 2.24) is 4.98 Å². The number of hydrogen-bond donors (Lipinski definition) is 3. The lowest BCUT2D eigenvalue weighted by atomic mass is 10.1. The van der Waals surface area contributed by atoms with Gasteiger partial charge in [-0.1, -0.05) is 0 Å². The minimum atomic E-state index is -4.62. The number of hydrogen-bond acceptors (Lipinski definition) is 5. The molecule has 1 heterocycles. The van der Waals surface area contributed by atoms with Gasteiger partial charge in [-0.25, -0.2) is 4.98 Å². The molecular formula is C11H12F3N3O2. The van der Waals surface area contributed by atoms with Gasteiger partial charge in [-0.05, 0) is 19.1 Å². The number of aliphatic hydroxyl groups excluding tert-OH is 1. The van der Waals surface area contributed by atoms with E-state index in [1.165, 1.54) is 6.92 Å². The van der Waals surface area contributed by atoms with Gasteiger partial charge < -0.3 is 15.5 Å². The van der Waals surface area contributed by atoms with Gasteiger partial charge in [0, 0.05) is 6.54 Å². The van der Waals surface area contributed by atoms with E-state index in [1.807, 2.05) is 0 Å². The summed E-state index contributed by atoms with van der Waals surface area (Å²) in [7, 11) is 0. The predicted octanol–water partition coefficient (Wildman–Crippen LogP) is 1.13. The Bertz CT molecular complexity index is 495. The van der Waals surface area contributed by atoms with Crippen LogP contribution in [0.4, 0.5) is 19.0 Å². The van der Waals surface area contributed by atoms with Crippen molar-refractivity contribution in [2.75, 3.05) is 18.5 Å². The van der Waals surface area contributed by atoms with Gasteiger partial charge in [-0.15, -0.1) is 0 Å². The zero-order valence-corrected chi connectivity index (χ0v) is 9.99. The van der Waals surface area contributed by atoms with Crippen LogP contribution in [0.3, 0.4) is 0 Å². The second kappa shape index (κ2) is 5.42. The van der Waals surface area contributed by atoms with Gasteiger partial charge in [0.15, 0.2) is 0 Å². The fraction of sp³-hybridized carbons (Fsp3) is 0.455. The molecule has 0 saturated carbocycles. The summed E-state index contributed by atoms with van der Waals surface area (Å²) in [5, 5.41) is 29.6. The standard InChI is InChI=1S/C11H12F3N3O2/c1-10(19,6-18)5-16-9-7(4-15)2-3-8(17-9)11(12,13)14/h2-3,18-19H,5-6H2,1H3,(H,16,17). The van der Waals surface area contributed by atoms with Gasteiger partial charge >= 0.3 is 6.18 Å². The summed E-state index contributed by atoms with van der Waals surface area (Å²) < 4.78 is 37.4. The van der Waals surface area contributed by atoms with E-state index in [2.05, 4.69) is 10.3 Å². The monoisotopic (exact) mass is 275 g/mol. The number of anilines is 1. The first-order valence-electron chi connectivity index (χ1n) is 5.25. The zero-order valence-electron chi connectivity index (χ0n) is 9.99. The van der Waals surface area contributed by atoms with Gasteiger partial charge in [0.25, 0.3) is 0 Å². The molecule has 19 heavy (non-hydrogen) atoms. The van der Waals surface area contributed by atoms with Crippen molar-refractivity contribution < 1.29 is 23.4 Å². The molecule has 1 aromatic rings. The molecule has 0 radical (unpaired) electrons. The number of alkyl halides is 3. The predicted molar refractivity (Wildman–Crippen MR) is 60.2 cm³/mol. The number of aromatic nitrogens is 1. The Balaban J connectivity index is 3.01. The van der Waals surface area contributed by atoms with Crippen LogP contribution >= 0.6 is 0 Å². The number of aliphatic hydroxyl groups is 2. The van der Waals surface area contributed by atoms with E-state index in [0.29, 0.717) is 6.07 Å². The van der Waals surface area contributed by atoms with Crippen molar-refractivity contribution in [2.45, 2.75) is 18.7 Å². The van der Waals surface area contributed by atoms with Crippen LogP contribution in [0.15, 0.2) is 12.1 Å². The number of nitrogens with zero attached hydrogens (tertiary/aromatic N) is 2. The van der Waals surface area contributed by atoms with Crippen molar-refractivity contribution >= 4 is 5.82 Å². The Morgan fingerprint density at radius 3 is 2.53 bits per heavy atom. The smallest absolute Gasteiger partial charge is 0.393 e. The van der Waals surface area contributed by atoms with E-state index >= 15 is 0 Å². The Morgan fingerprint density at radius 1 is 1.42 bits per heavy atom. The SMILES string of the molecule is CC(O)(CO)CNc1nc(C(F)(F)F)ccc1C#N. The Morgan fingerprint density at radius 2 is 2.05 bits per heavy atom. The summed E-state index contributed by atoms with van der Waals surface area (Å²) in [6.07, 6.45) is -4.62. The lowest BCUT2D eigenvalue weighted by Gasteiger charge is -2.21. The summed E-state index contributed by atoms with van der Waals surface area (Å²) >= 11 is 0. The first-order chi connectivity index (χ1) is 8.69. The lowest BCUT2D eigenvalue weighted by Crippen LogP contribution is -2.37.